The van der Waals surface area contributed by atoms with E-state index in [9.17, 15) is 4.79 Å². The summed E-state index contributed by atoms with van der Waals surface area (Å²) >= 11 is 0. The van der Waals surface area contributed by atoms with Crippen molar-refractivity contribution in [1.29, 1.82) is 0 Å². The van der Waals surface area contributed by atoms with Crippen molar-refractivity contribution in [2.24, 2.45) is 0 Å². The summed E-state index contributed by atoms with van der Waals surface area (Å²) in [5, 5.41) is 0. The minimum absolute atomic E-state index is 0. The molecule has 0 unspecified atom stereocenters. The predicted molar refractivity (Wildman–Crippen MR) is 31.2 cm³/mol. The topological polar surface area (TPSA) is 26.3 Å². The van der Waals surface area contributed by atoms with Gasteiger partial charge in [-0.25, -0.2) is 0 Å². The molecule has 1 radical (unpaired) electrons. The molecule has 2 nitrogen and oxygen atoms in total. The van der Waals surface area contributed by atoms with Crippen LogP contribution in [-0.4, -0.2) is 12.1 Å². The molecule has 0 fully saturated rings. The largest absolute Gasteiger partial charge is 0.486 e. The van der Waals surface area contributed by atoms with Gasteiger partial charge in [0.1, 0.15) is 0 Å². The van der Waals surface area contributed by atoms with Crippen LogP contribution in [-0.2, 0) is 42.2 Å². The van der Waals surface area contributed by atoms with Crippen LogP contribution in [0.2, 0.25) is 0 Å². The van der Waals surface area contributed by atoms with E-state index in [4.69, 9.17) is 4.74 Å². The van der Waals surface area contributed by atoms with Crippen molar-refractivity contribution in [2.75, 3.05) is 0 Å². The molecule has 0 heterocycles. The number of carbonyl (C=O) groups excluding carboxylic acids is 1. The summed E-state index contributed by atoms with van der Waals surface area (Å²) < 4.78 is 4.70. The van der Waals surface area contributed by atoms with Crippen molar-refractivity contribution in [3.05, 3.63) is 6.42 Å². The fraction of sp³-hybridized carbons (Fsp3) is 0.667. The molecule has 0 aromatic carbocycles. The van der Waals surface area contributed by atoms with Gasteiger partial charge in [0.05, 0.1) is 6.10 Å². The van der Waals surface area contributed by atoms with Crippen LogP contribution in [0.25, 0.3) is 0 Å². The van der Waals surface area contributed by atoms with Gasteiger partial charge in [-0.3, -0.25) is 11.2 Å². The molecule has 0 spiro atoms. The van der Waals surface area contributed by atoms with E-state index >= 15 is 0 Å². The Morgan fingerprint density at radius 1 is 1.56 bits per heavy atom. The number of carbonyl (C=O) groups is 1. The van der Waals surface area contributed by atoms with Gasteiger partial charge in [-0.1, -0.05) is 0 Å². The maximum absolute atomic E-state index is 10.3. The summed E-state index contributed by atoms with van der Waals surface area (Å²) in [6.45, 7) is 5.30. The number of hydrogen-bond donors (Lipinski definition) is 0. The minimum Gasteiger partial charge on any atom is -0.486 e. The molecule has 51 valence electrons. The molecule has 0 bridgehead atoms. The molecule has 0 saturated carbocycles. The molecule has 0 aliphatic heterocycles. The summed E-state index contributed by atoms with van der Waals surface area (Å²) in [6, 6.07) is 0. The first-order valence-corrected chi connectivity index (χ1v) is 2.66. The van der Waals surface area contributed by atoms with Gasteiger partial charge in [0.2, 0.25) is 0 Å². The zero-order valence-electron chi connectivity index (χ0n) is 6.05. The van der Waals surface area contributed by atoms with Crippen LogP contribution in [0.3, 0.4) is 0 Å². The Kier molecular flexibility index (Phi) is 8.86. The maximum atomic E-state index is 10.3. The molecule has 0 amide bonds. The van der Waals surface area contributed by atoms with Crippen LogP contribution in [0, 0.1) is 6.42 Å². The molecule has 3 heteroatoms. The zero-order chi connectivity index (χ0) is 6.57. The van der Waals surface area contributed by atoms with Gasteiger partial charge in [-0.15, -0.1) is 0 Å². The number of hydrogen-bond acceptors (Lipinski definition) is 2. The van der Waals surface area contributed by atoms with Gasteiger partial charge < -0.3 is 4.74 Å². The van der Waals surface area contributed by atoms with E-state index in [1.807, 2.05) is 13.8 Å². The smallest absolute Gasteiger partial charge is 0.167 e. The van der Waals surface area contributed by atoms with Gasteiger partial charge in [-0.05, 0) is 13.8 Å². The third kappa shape index (κ3) is 8.44. The van der Waals surface area contributed by atoms with Crippen molar-refractivity contribution in [3.8, 4) is 0 Å². The second kappa shape index (κ2) is 6.56. The first-order chi connectivity index (χ1) is 3.66. The van der Waals surface area contributed by atoms with Crippen LogP contribution in [0.5, 0.6) is 0 Å². The van der Waals surface area contributed by atoms with Crippen LogP contribution in [0.1, 0.15) is 20.8 Å². The molecule has 0 aliphatic carbocycles. The monoisotopic (exact) mass is 204 g/mol. The van der Waals surface area contributed by atoms with Crippen LogP contribution in [0.15, 0.2) is 0 Å². The molecule has 0 saturated heterocycles. The van der Waals surface area contributed by atoms with Crippen LogP contribution >= 0.6 is 0 Å². The fourth-order valence-corrected chi connectivity index (χ4v) is 0.300. The average molecular weight is 204 g/mol. The molecule has 0 aromatic rings. The molecule has 0 N–H and O–H groups in total. The predicted octanol–water partition coefficient (Wildman–Crippen LogP) is 1.16. The summed E-state index contributed by atoms with van der Waals surface area (Å²) in [5.74, 6) is -0.250. The zero-order valence-corrected chi connectivity index (χ0v) is 8.89. The van der Waals surface area contributed by atoms with E-state index in [1.165, 1.54) is 6.42 Å². The standard InChI is InChI=1S/C6H11O2.Y/c1-4-6(7)8-5(2)3;/h4-5H,1-3H3;/q-1;. The Hall–Kier alpha value is 0.444. The Morgan fingerprint density at radius 3 is 2.11 bits per heavy atom. The molecule has 0 atom stereocenters. The average Bonchev–Trinajstić information content (AvgIpc) is 1.65. The molecular formula is C6H11O2Y-. The second-order valence-corrected chi connectivity index (χ2v) is 1.77. The van der Waals surface area contributed by atoms with Crippen LogP contribution in [0.4, 0.5) is 0 Å². The summed E-state index contributed by atoms with van der Waals surface area (Å²) in [6.07, 6.45) is 1.40. The molecule has 0 rings (SSSR count). The summed E-state index contributed by atoms with van der Waals surface area (Å²) in [7, 11) is 0. The van der Waals surface area contributed by atoms with Gasteiger partial charge in [0.15, 0.2) is 5.97 Å². The van der Waals surface area contributed by atoms with E-state index in [-0.39, 0.29) is 44.8 Å². The maximum Gasteiger partial charge on any atom is 0.167 e. The summed E-state index contributed by atoms with van der Waals surface area (Å²) in [4.78, 5) is 10.3. The SMILES string of the molecule is C[CH-]C(=O)OC(C)C.[Y]. The van der Waals surface area contributed by atoms with Crippen molar-refractivity contribution in [1.82, 2.24) is 0 Å². The normalized spacial score (nSPS) is 8.00. The van der Waals surface area contributed by atoms with E-state index in [2.05, 4.69) is 0 Å². The van der Waals surface area contributed by atoms with E-state index < -0.39 is 0 Å². The third-order valence-corrected chi connectivity index (χ3v) is 0.588. The molecule has 0 aromatic heterocycles. The fourth-order valence-electron chi connectivity index (χ4n) is 0.300. The van der Waals surface area contributed by atoms with Crippen molar-refractivity contribution in [2.45, 2.75) is 26.9 Å². The minimum atomic E-state index is -0.250. The van der Waals surface area contributed by atoms with E-state index in [0.717, 1.165) is 0 Å². The quantitative estimate of drug-likeness (QED) is 0.498. The Balaban J connectivity index is 0. The summed E-state index contributed by atoms with van der Waals surface area (Å²) in [5.41, 5.74) is 0. The van der Waals surface area contributed by atoms with Crippen molar-refractivity contribution < 1.29 is 42.2 Å². The van der Waals surface area contributed by atoms with Gasteiger partial charge in [-0.2, -0.15) is 6.92 Å². The number of esters is 1. The Morgan fingerprint density at radius 2 is 2.00 bits per heavy atom. The Bertz CT molecular complexity index is 81.1. The molecule has 0 aliphatic rings. The third-order valence-electron chi connectivity index (χ3n) is 0.588. The molecule has 9 heavy (non-hydrogen) atoms. The van der Waals surface area contributed by atoms with Crippen molar-refractivity contribution in [3.63, 3.8) is 0 Å². The molecular weight excluding hydrogens is 193 g/mol. The first-order valence-electron chi connectivity index (χ1n) is 2.66. The number of ether oxygens (including phenoxy) is 1. The number of rotatable bonds is 2. The van der Waals surface area contributed by atoms with E-state index in [1.54, 1.807) is 6.92 Å². The van der Waals surface area contributed by atoms with Crippen LogP contribution < -0.4 is 0 Å². The second-order valence-electron chi connectivity index (χ2n) is 1.77. The van der Waals surface area contributed by atoms with Gasteiger partial charge in [0.25, 0.3) is 0 Å². The first kappa shape index (κ1) is 12.2. The van der Waals surface area contributed by atoms with Gasteiger partial charge >= 0.3 is 0 Å². The van der Waals surface area contributed by atoms with Crippen molar-refractivity contribution >= 4 is 5.97 Å². The Labute approximate surface area is 81.2 Å². The van der Waals surface area contributed by atoms with Gasteiger partial charge in [0, 0.05) is 32.7 Å². The van der Waals surface area contributed by atoms with E-state index in [0.29, 0.717) is 0 Å².